The van der Waals surface area contributed by atoms with Crippen LogP contribution in [0.5, 0.6) is 0 Å². The molecule has 2 atom stereocenters. The van der Waals surface area contributed by atoms with E-state index >= 15 is 0 Å². The second-order valence-corrected chi connectivity index (χ2v) is 3.65. The summed E-state index contributed by atoms with van der Waals surface area (Å²) in [6.45, 7) is 1.93. The van der Waals surface area contributed by atoms with Crippen LogP contribution in [-0.4, -0.2) is 12.0 Å². The third kappa shape index (κ3) is 0.916. The highest BCUT2D eigenvalue weighted by Gasteiger charge is 2.37. The van der Waals surface area contributed by atoms with Crippen molar-refractivity contribution in [2.45, 2.75) is 25.5 Å². The molecule has 0 N–H and O–H groups in total. The highest BCUT2D eigenvalue weighted by atomic mass is 16.5. The Labute approximate surface area is 77.3 Å². The molecule has 0 saturated carbocycles. The molecule has 1 aliphatic carbocycles. The normalized spacial score (nSPS) is 29.2. The van der Waals surface area contributed by atoms with Gasteiger partial charge in [0.2, 0.25) is 0 Å². The number of nitrogens with zero attached hydrogens (tertiary/aromatic N) is 1. The van der Waals surface area contributed by atoms with E-state index in [-0.39, 0.29) is 12.1 Å². The van der Waals surface area contributed by atoms with Gasteiger partial charge in [0.05, 0.1) is 0 Å². The zero-order valence-electron chi connectivity index (χ0n) is 7.53. The van der Waals surface area contributed by atoms with Gasteiger partial charge in [0.25, 0.3) is 0 Å². The zero-order valence-corrected chi connectivity index (χ0v) is 7.53. The molecule has 0 fully saturated rings. The van der Waals surface area contributed by atoms with Crippen LogP contribution in [0.25, 0.3) is 0 Å². The van der Waals surface area contributed by atoms with Gasteiger partial charge in [0.15, 0.2) is 5.90 Å². The molecule has 1 heterocycles. The maximum absolute atomic E-state index is 5.62. The van der Waals surface area contributed by atoms with Crippen molar-refractivity contribution in [3.63, 3.8) is 0 Å². The summed E-state index contributed by atoms with van der Waals surface area (Å²) in [5, 5.41) is 0. The van der Waals surface area contributed by atoms with Crippen molar-refractivity contribution in [1.29, 1.82) is 0 Å². The predicted octanol–water partition coefficient (Wildman–Crippen LogP) is 2.10. The molecule has 1 aliphatic heterocycles. The first-order valence-corrected chi connectivity index (χ1v) is 4.63. The molecule has 66 valence electrons. The number of aliphatic imine (C=N–C) groups is 1. The van der Waals surface area contributed by atoms with Crippen LogP contribution in [-0.2, 0) is 11.2 Å². The molecule has 13 heavy (non-hydrogen) atoms. The van der Waals surface area contributed by atoms with E-state index in [0.29, 0.717) is 0 Å². The standard InChI is InChI=1S/C11H11NO/c1-7-12-11-9-5-3-2-4-8(9)6-10(11)13-7/h2-5,10-11H,6H2,1H3/t10-,11+/m0/s1. The van der Waals surface area contributed by atoms with Crippen LogP contribution in [0.15, 0.2) is 29.3 Å². The van der Waals surface area contributed by atoms with Crippen molar-refractivity contribution >= 4 is 5.90 Å². The molecule has 0 radical (unpaired) electrons. The quantitative estimate of drug-likeness (QED) is 0.588. The fourth-order valence-electron chi connectivity index (χ4n) is 2.24. The average Bonchev–Trinajstić information content (AvgIpc) is 2.60. The molecule has 3 rings (SSSR count). The van der Waals surface area contributed by atoms with Gasteiger partial charge in [-0.1, -0.05) is 24.3 Å². The molecule has 0 unspecified atom stereocenters. The van der Waals surface area contributed by atoms with Crippen LogP contribution in [0.4, 0.5) is 0 Å². The Bertz CT molecular complexity index is 383. The molecule has 1 aromatic rings. The fraction of sp³-hybridized carbons (Fsp3) is 0.364. The van der Waals surface area contributed by atoms with Gasteiger partial charge in [-0.3, -0.25) is 0 Å². The van der Waals surface area contributed by atoms with E-state index in [4.69, 9.17) is 4.74 Å². The first-order valence-electron chi connectivity index (χ1n) is 4.63. The molecule has 2 heteroatoms. The lowest BCUT2D eigenvalue weighted by Crippen LogP contribution is -2.11. The maximum Gasteiger partial charge on any atom is 0.181 e. The van der Waals surface area contributed by atoms with Gasteiger partial charge < -0.3 is 4.74 Å². The van der Waals surface area contributed by atoms with Gasteiger partial charge in [0, 0.05) is 13.3 Å². The lowest BCUT2D eigenvalue weighted by molar-refractivity contribution is 0.204. The zero-order chi connectivity index (χ0) is 8.84. The molecule has 2 aliphatic rings. The Balaban J connectivity index is 2.10. The van der Waals surface area contributed by atoms with E-state index in [1.807, 2.05) is 6.92 Å². The predicted molar refractivity (Wildman–Crippen MR) is 50.9 cm³/mol. The lowest BCUT2D eigenvalue weighted by Gasteiger charge is -2.06. The SMILES string of the molecule is CC1=N[C@@H]2c3ccccc3C[C@@H]2O1. The minimum atomic E-state index is 0.274. The Kier molecular flexibility index (Phi) is 1.29. The van der Waals surface area contributed by atoms with Crippen molar-refractivity contribution in [3.8, 4) is 0 Å². The summed E-state index contributed by atoms with van der Waals surface area (Å²) in [4.78, 5) is 4.49. The minimum absolute atomic E-state index is 0.274. The van der Waals surface area contributed by atoms with Crippen molar-refractivity contribution in [2.75, 3.05) is 0 Å². The molecular formula is C11H11NO. The first kappa shape index (κ1) is 7.13. The monoisotopic (exact) mass is 173 g/mol. The second-order valence-electron chi connectivity index (χ2n) is 3.65. The number of hydrogen-bond acceptors (Lipinski definition) is 2. The van der Waals surface area contributed by atoms with Gasteiger partial charge in [-0.25, -0.2) is 4.99 Å². The molecule has 0 amide bonds. The van der Waals surface area contributed by atoms with Crippen molar-refractivity contribution < 1.29 is 4.74 Å². The van der Waals surface area contributed by atoms with Crippen LogP contribution in [0.2, 0.25) is 0 Å². The molecule has 0 aromatic heterocycles. The Morgan fingerprint density at radius 1 is 1.38 bits per heavy atom. The van der Waals surface area contributed by atoms with E-state index in [1.54, 1.807) is 0 Å². The summed E-state index contributed by atoms with van der Waals surface area (Å²) in [5.74, 6) is 0.838. The molecule has 0 saturated heterocycles. The third-order valence-electron chi connectivity index (χ3n) is 2.79. The van der Waals surface area contributed by atoms with Gasteiger partial charge >= 0.3 is 0 Å². The van der Waals surface area contributed by atoms with Gasteiger partial charge in [-0.15, -0.1) is 0 Å². The summed E-state index contributed by atoms with van der Waals surface area (Å²) in [5.41, 5.74) is 2.75. The highest BCUT2D eigenvalue weighted by Crippen LogP contribution is 2.39. The summed E-state index contributed by atoms with van der Waals surface area (Å²) in [6, 6.07) is 8.75. The summed E-state index contributed by atoms with van der Waals surface area (Å²) in [7, 11) is 0. The van der Waals surface area contributed by atoms with Crippen LogP contribution in [0.3, 0.4) is 0 Å². The van der Waals surface area contributed by atoms with Crippen molar-refractivity contribution in [2.24, 2.45) is 4.99 Å². The van der Waals surface area contributed by atoms with E-state index in [9.17, 15) is 0 Å². The molecule has 0 spiro atoms. The van der Waals surface area contributed by atoms with E-state index in [1.165, 1.54) is 11.1 Å². The van der Waals surface area contributed by atoms with Crippen molar-refractivity contribution in [1.82, 2.24) is 0 Å². The van der Waals surface area contributed by atoms with E-state index in [0.717, 1.165) is 12.3 Å². The summed E-state index contributed by atoms with van der Waals surface area (Å²) < 4.78 is 5.62. The lowest BCUT2D eigenvalue weighted by atomic mass is 10.1. The Morgan fingerprint density at radius 2 is 2.23 bits per heavy atom. The van der Waals surface area contributed by atoms with Gasteiger partial charge in [0.1, 0.15) is 12.1 Å². The summed E-state index contributed by atoms with van der Waals surface area (Å²) in [6.07, 6.45) is 1.29. The fourth-order valence-corrected chi connectivity index (χ4v) is 2.24. The molecule has 0 bridgehead atoms. The van der Waals surface area contributed by atoms with E-state index < -0.39 is 0 Å². The van der Waals surface area contributed by atoms with E-state index in [2.05, 4.69) is 29.3 Å². The second kappa shape index (κ2) is 2.34. The third-order valence-corrected chi connectivity index (χ3v) is 2.79. The van der Waals surface area contributed by atoms with Crippen LogP contribution < -0.4 is 0 Å². The first-order chi connectivity index (χ1) is 6.34. The number of fused-ring (bicyclic) bond motifs is 3. The molecule has 1 aromatic carbocycles. The largest absolute Gasteiger partial charge is 0.475 e. The maximum atomic E-state index is 5.62. The highest BCUT2D eigenvalue weighted by molar-refractivity contribution is 5.76. The average molecular weight is 173 g/mol. The summed E-state index contributed by atoms with van der Waals surface area (Å²) >= 11 is 0. The molecule has 2 nitrogen and oxygen atoms in total. The Morgan fingerprint density at radius 3 is 3.15 bits per heavy atom. The van der Waals surface area contributed by atoms with Crippen LogP contribution in [0.1, 0.15) is 24.1 Å². The van der Waals surface area contributed by atoms with Crippen molar-refractivity contribution in [3.05, 3.63) is 35.4 Å². The Hall–Kier alpha value is -1.31. The van der Waals surface area contributed by atoms with Crippen LogP contribution >= 0.6 is 0 Å². The number of benzene rings is 1. The number of rotatable bonds is 0. The number of ether oxygens (including phenoxy) is 1. The smallest absolute Gasteiger partial charge is 0.181 e. The molecular weight excluding hydrogens is 162 g/mol. The minimum Gasteiger partial charge on any atom is -0.475 e. The van der Waals surface area contributed by atoms with Crippen LogP contribution in [0, 0.1) is 0 Å². The topological polar surface area (TPSA) is 21.6 Å². The van der Waals surface area contributed by atoms with Gasteiger partial charge in [-0.05, 0) is 11.1 Å². The number of hydrogen-bond donors (Lipinski definition) is 0. The van der Waals surface area contributed by atoms with Gasteiger partial charge in [-0.2, -0.15) is 0 Å².